The van der Waals surface area contributed by atoms with Gasteiger partial charge in [-0.25, -0.2) is 9.71 Å². The Morgan fingerprint density at radius 1 is 1.40 bits per heavy atom. The summed E-state index contributed by atoms with van der Waals surface area (Å²) in [5.74, 6) is 0. The number of anilines is 1. The van der Waals surface area contributed by atoms with Crippen molar-refractivity contribution in [1.82, 2.24) is 14.7 Å². The van der Waals surface area contributed by atoms with Crippen LogP contribution >= 0.6 is 35.3 Å². The zero-order valence-electron chi connectivity index (χ0n) is 7.40. The van der Waals surface area contributed by atoms with Crippen molar-refractivity contribution in [3.63, 3.8) is 0 Å². The molecule has 0 bridgehead atoms. The van der Waals surface area contributed by atoms with Crippen LogP contribution in [0.5, 0.6) is 0 Å². The van der Waals surface area contributed by atoms with E-state index in [1.165, 1.54) is 12.1 Å². The molecular weight excluding hydrogens is 255 g/mol. The van der Waals surface area contributed by atoms with Crippen LogP contribution < -0.4 is 9.44 Å². The van der Waals surface area contributed by atoms with E-state index < -0.39 is 0 Å². The summed E-state index contributed by atoms with van der Waals surface area (Å²) in [6, 6.07) is 0. The molecule has 0 unspecified atom stereocenters. The first-order chi connectivity index (χ1) is 7.27. The first-order valence-corrected chi connectivity index (χ1v) is 5.84. The summed E-state index contributed by atoms with van der Waals surface area (Å²) >= 11 is 13.5. The fraction of sp³-hybridized carbons (Fsp3) is 0.125. The second-order valence-electron chi connectivity index (χ2n) is 3.14. The van der Waals surface area contributed by atoms with Crippen molar-refractivity contribution in [3.8, 4) is 0 Å². The summed E-state index contributed by atoms with van der Waals surface area (Å²) in [4.78, 5) is 7.39. The van der Waals surface area contributed by atoms with Gasteiger partial charge in [0.2, 0.25) is 0 Å². The molecule has 0 fully saturated rings. The molecule has 7 heteroatoms. The van der Waals surface area contributed by atoms with Crippen molar-refractivity contribution >= 4 is 51.9 Å². The average molecular weight is 261 g/mol. The monoisotopic (exact) mass is 260 g/mol. The highest BCUT2D eigenvalue weighted by molar-refractivity contribution is 7.98. The second-order valence-corrected chi connectivity index (χ2v) is 4.60. The van der Waals surface area contributed by atoms with Gasteiger partial charge in [-0.15, -0.1) is 0 Å². The maximum atomic E-state index is 6.06. The molecule has 3 heterocycles. The lowest BCUT2D eigenvalue weighted by Crippen LogP contribution is -2.16. The van der Waals surface area contributed by atoms with Crippen LogP contribution in [-0.4, -0.2) is 9.97 Å². The van der Waals surface area contributed by atoms with Gasteiger partial charge >= 0.3 is 0 Å². The minimum atomic E-state index is 0.436. The molecule has 4 nitrogen and oxygen atoms in total. The van der Waals surface area contributed by atoms with E-state index in [0.29, 0.717) is 16.7 Å². The van der Waals surface area contributed by atoms with Gasteiger partial charge in [0.15, 0.2) is 0 Å². The molecule has 2 aromatic heterocycles. The smallest absolute Gasteiger partial charge is 0.140 e. The van der Waals surface area contributed by atoms with Crippen molar-refractivity contribution < 1.29 is 0 Å². The third-order valence-corrected chi connectivity index (χ3v) is 3.44. The number of nitrogens with one attached hydrogen (secondary N) is 3. The Bertz CT molecular complexity index is 539. The number of rotatable bonds is 0. The molecule has 0 spiro atoms. The van der Waals surface area contributed by atoms with E-state index in [0.717, 1.165) is 22.3 Å². The number of hydrogen-bond donors (Lipinski definition) is 3. The highest BCUT2D eigenvalue weighted by Gasteiger charge is 2.19. The van der Waals surface area contributed by atoms with Crippen molar-refractivity contribution in [3.05, 3.63) is 22.1 Å². The number of H-pyrrole nitrogens is 1. The van der Waals surface area contributed by atoms with Gasteiger partial charge in [0.25, 0.3) is 0 Å². The molecule has 0 aliphatic carbocycles. The number of aromatic amines is 1. The lowest BCUT2D eigenvalue weighted by molar-refractivity contribution is 0.920. The molecule has 0 saturated heterocycles. The summed E-state index contributed by atoms with van der Waals surface area (Å²) in [6.07, 6.45) is 1.72. The first-order valence-electron chi connectivity index (χ1n) is 4.27. The van der Waals surface area contributed by atoms with Crippen LogP contribution in [0.25, 0.3) is 10.9 Å². The molecule has 1 aliphatic rings. The molecule has 1 aliphatic heterocycles. The Morgan fingerprint density at radius 2 is 2.27 bits per heavy atom. The molecule has 3 N–H and O–H groups in total. The van der Waals surface area contributed by atoms with E-state index >= 15 is 0 Å². The minimum absolute atomic E-state index is 0.436. The quantitative estimate of drug-likeness (QED) is 0.504. The Kier molecular flexibility index (Phi) is 2.21. The Labute approximate surface area is 100 Å². The van der Waals surface area contributed by atoms with Crippen LogP contribution in [0.4, 0.5) is 5.69 Å². The van der Waals surface area contributed by atoms with Crippen molar-refractivity contribution in [1.29, 1.82) is 0 Å². The number of fused-ring (bicyclic) bond motifs is 3. The Morgan fingerprint density at radius 3 is 3.13 bits per heavy atom. The predicted molar refractivity (Wildman–Crippen MR) is 64.2 cm³/mol. The van der Waals surface area contributed by atoms with Gasteiger partial charge in [0.05, 0.1) is 33.9 Å². The SMILES string of the molecule is Clc1c[nH]c2c3c(nc(Cl)c12)CNSN3. The third kappa shape index (κ3) is 1.38. The molecule has 0 saturated carbocycles. The van der Waals surface area contributed by atoms with E-state index in [1.54, 1.807) is 6.20 Å². The largest absolute Gasteiger partial charge is 0.358 e. The average Bonchev–Trinajstić information content (AvgIpc) is 2.62. The molecule has 15 heavy (non-hydrogen) atoms. The van der Waals surface area contributed by atoms with Crippen molar-refractivity contribution in [2.75, 3.05) is 4.72 Å². The van der Waals surface area contributed by atoms with Crippen LogP contribution in [0.1, 0.15) is 5.69 Å². The van der Waals surface area contributed by atoms with Crippen LogP contribution in [0, 0.1) is 0 Å². The minimum Gasteiger partial charge on any atom is -0.358 e. The molecule has 78 valence electrons. The highest BCUT2D eigenvalue weighted by Crippen LogP contribution is 2.37. The van der Waals surface area contributed by atoms with Gasteiger partial charge in [-0.2, -0.15) is 0 Å². The maximum absolute atomic E-state index is 6.06. The fourth-order valence-electron chi connectivity index (χ4n) is 1.60. The van der Waals surface area contributed by atoms with Crippen molar-refractivity contribution in [2.24, 2.45) is 0 Å². The summed E-state index contributed by atoms with van der Waals surface area (Å²) < 4.78 is 6.22. The topological polar surface area (TPSA) is 52.7 Å². The van der Waals surface area contributed by atoms with Gasteiger partial charge in [-0.3, -0.25) is 0 Å². The number of halogens is 2. The Balaban J connectivity index is 2.40. The van der Waals surface area contributed by atoms with E-state index in [-0.39, 0.29) is 0 Å². The van der Waals surface area contributed by atoms with Crippen LogP contribution in [0.3, 0.4) is 0 Å². The van der Waals surface area contributed by atoms with Crippen LogP contribution in [0.15, 0.2) is 6.20 Å². The molecule has 0 radical (unpaired) electrons. The summed E-state index contributed by atoms with van der Waals surface area (Å²) in [6.45, 7) is 0.680. The number of aromatic nitrogens is 2. The summed E-state index contributed by atoms with van der Waals surface area (Å²) in [5.41, 5.74) is 2.75. The molecular formula is C8H6Cl2N4S. The number of nitrogens with zero attached hydrogens (tertiary/aromatic N) is 1. The molecule has 0 aromatic carbocycles. The molecule has 3 rings (SSSR count). The first kappa shape index (κ1) is 9.59. The van der Waals surface area contributed by atoms with Crippen LogP contribution in [0.2, 0.25) is 10.2 Å². The predicted octanol–water partition coefficient (Wildman–Crippen LogP) is 2.95. The number of hydrogen-bond acceptors (Lipinski definition) is 4. The van der Waals surface area contributed by atoms with Crippen LogP contribution in [-0.2, 0) is 6.54 Å². The molecule has 0 atom stereocenters. The summed E-state index contributed by atoms with van der Waals surface area (Å²) in [7, 11) is 0. The highest BCUT2D eigenvalue weighted by atomic mass is 35.5. The normalized spacial score (nSPS) is 15.1. The fourth-order valence-corrected chi connectivity index (χ4v) is 2.79. The zero-order chi connectivity index (χ0) is 10.4. The van der Waals surface area contributed by atoms with E-state index in [4.69, 9.17) is 23.2 Å². The van der Waals surface area contributed by atoms with Gasteiger partial charge in [-0.05, 0) is 0 Å². The van der Waals surface area contributed by atoms with E-state index in [1.807, 2.05) is 0 Å². The maximum Gasteiger partial charge on any atom is 0.140 e. The lowest BCUT2D eigenvalue weighted by atomic mass is 10.2. The van der Waals surface area contributed by atoms with Gasteiger partial charge < -0.3 is 9.71 Å². The van der Waals surface area contributed by atoms with Gasteiger partial charge in [-0.1, -0.05) is 23.2 Å². The Hall–Kier alpha value is -0.620. The van der Waals surface area contributed by atoms with E-state index in [2.05, 4.69) is 19.4 Å². The van der Waals surface area contributed by atoms with Crippen molar-refractivity contribution in [2.45, 2.75) is 6.54 Å². The molecule has 0 amide bonds. The summed E-state index contributed by atoms with van der Waals surface area (Å²) in [5, 5.41) is 1.80. The van der Waals surface area contributed by atoms with Gasteiger partial charge in [0.1, 0.15) is 5.15 Å². The third-order valence-electron chi connectivity index (χ3n) is 2.27. The lowest BCUT2D eigenvalue weighted by Gasteiger charge is -2.17. The second kappa shape index (κ2) is 3.45. The van der Waals surface area contributed by atoms with E-state index in [9.17, 15) is 0 Å². The van der Waals surface area contributed by atoms with Gasteiger partial charge in [0, 0.05) is 18.3 Å². The molecule has 2 aromatic rings. The zero-order valence-corrected chi connectivity index (χ0v) is 9.72. The standard InChI is InChI=1S/C8H6Cl2N4S/c9-3-1-11-7-5(3)8(10)13-4-2-12-15-14-6(4)7/h1,11-12,14H,2H2. The number of pyridine rings is 1.